The molecule has 0 atom stereocenters. The van der Waals surface area contributed by atoms with Crippen molar-refractivity contribution < 1.29 is 4.92 Å². The molecule has 5 nitrogen and oxygen atoms in total. The van der Waals surface area contributed by atoms with Gasteiger partial charge in [-0.05, 0) is 25.0 Å². The molecular weight excluding hydrogens is 230 g/mol. The fraction of sp³-hybridized carbons (Fsp3) is 0.538. The van der Waals surface area contributed by atoms with Crippen molar-refractivity contribution in [2.75, 3.05) is 23.7 Å². The molecule has 0 fully saturated rings. The van der Waals surface area contributed by atoms with E-state index in [0.717, 1.165) is 32.4 Å². The first kappa shape index (κ1) is 14.3. The lowest BCUT2D eigenvalue weighted by Crippen LogP contribution is -2.08. The third-order valence-electron chi connectivity index (χ3n) is 2.63. The van der Waals surface area contributed by atoms with Gasteiger partial charge in [-0.1, -0.05) is 26.3 Å². The van der Waals surface area contributed by atoms with Gasteiger partial charge in [-0.2, -0.15) is 0 Å². The molecule has 0 aliphatic carbocycles. The van der Waals surface area contributed by atoms with E-state index in [1.54, 1.807) is 12.1 Å². The van der Waals surface area contributed by atoms with Crippen LogP contribution in [0.1, 0.15) is 33.1 Å². The van der Waals surface area contributed by atoms with Gasteiger partial charge in [0.15, 0.2) is 0 Å². The van der Waals surface area contributed by atoms with Crippen molar-refractivity contribution in [3.63, 3.8) is 0 Å². The Kier molecular flexibility index (Phi) is 5.97. The zero-order chi connectivity index (χ0) is 13.4. The number of nitrogens with one attached hydrogen (secondary N) is 2. The van der Waals surface area contributed by atoms with Crippen molar-refractivity contribution in [3.8, 4) is 0 Å². The molecule has 0 saturated heterocycles. The molecule has 0 aromatic heterocycles. The Hall–Kier alpha value is -1.78. The number of hydrogen-bond donors (Lipinski definition) is 2. The van der Waals surface area contributed by atoms with Gasteiger partial charge in [-0.25, -0.2) is 0 Å². The first-order valence-electron chi connectivity index (χ1n) is 6.45. The second kappa shape index (κ2) is 7.53. The Morgan fingerprint density at radius 2 is 1.72 bits per heavy atom. The van der Waals surface area contributed by atoms with Gasteiger partial charge in [0.1, 0.15) is 11.4 Å². The summed E-state index contributed by atoms with van der Waals surface area (Å²) >= 11 is 0. The van der Waals surface area contributed by atoms with Crippen LogP contribution in [0.4, 0.5) is 17.1 Å². The van der Waals surface area contributed by atoms with E-state index in [4.69, 9.17) is 0 Å². The smallest absolute Gasteiger partial charge is 0.315 e. The van der Waals surface area contributed by atoms with Crippen molar-refractivity contribution in [1.29, 1.82) is 0 Å². The molecule has 18 heavy (non-hydrogen) atoms. The van der Waals surface area contributed by atoms with E-state index in [0.29, 0.717) is 11.4 Å². The lowest BCUT2D eigenvalue weighted by molar-refractivity contribution is -0.383. The van der Waals surface area contributed by atoms with Crippen LogP contribution in [0.15, 0.2) is 18.2 Å². The predicted octanol–water partition coefficient (Wildman–Crippen LogP) is 3.63. The number of hydrogen-bond acceptors (Lipinski definition) is 4. The maximum Gasteiger partial charge on any atom is 0.315 e. The van der Waals surface area contributed by atoms with E-state index in [-0.39, 0.29) is 10.6 Å². The standard InChI is InChI=1S/C13H21N3O2/c1-3-5-10-15-12-8-6-7-11(14-9-4-2)13(12)16(17)18/h6-8,14-15H,3-5,9-10H2,1-2H3. The monoisotopic (exact) mass is 251 g/mol. The molecule has 0 radical (unpaired) electrons. The molecule has 0 heterocycles. The van der Waals surface area contributed by atoms with Crippen molar-refractivity contribution in [3.05, 3.63) is 28.3 Å². The normalized spacial score (nSPS) is 10.1. The third-order valence-corrected chi connectivity index (χ3v) is 2.63. The van der Waals surface area contributed by atoms with Crippen LogP contribution in [-0.2, 0) is 0 Å². The third kappa shape index (κ3) is 3.91. The molecule has 1 aromatic rings. The second-order valence-corrected chi connectivity index (χ2v) is 4.17. The van der Waals surface area contributed by atoms with Gasteiger partial charge in [0.25, 0.3) is 0 Å². The molecule has 0 aliphatic rings. The predicted molar refractivity (Wildman–Crippen MR) is 75.3 cm³/mol. The van der Waals surface area contributed by atoms with Crippen LogP contribution in [0.2, 0.25) is 0 Å². The van der Waals surface area contributed by atoms with E-state index in [1.807, 2.05) is 13.0 Å². The number of nitrogens with zero attached hydrogens (tertiary/aromatic N) is 1. The highest BCUT2D eigenvalue weighted by Crippen LogP contribution is 2.32. The Balaban J connectivity index is 2.90. The Morgan fingerprint density at radius 3 is 2.22 bits per heavy atom. The van der Waals surface area contributed by atoms with Crippen LogP contribution < -0.4 is 10.6 Å². The summed E-state index contributed by atoms with van der Waals surface area (Å²) in [7, 11) is 0. The fourth-order valence-electron chi connectivity index (χ4n) is 1.69. The van der Waals surface area contributed by atoms with Crippen LogP contribution in [0.3, 0.4) is 0 Å². The van der Waals surface area contributed by atoms with Crippen molar-refractivity contribution >= 4 is 17.1 Å². The van der Waals surface area contributed by atoms with Gasteiger partial charge < -0.3 is 10.6 Å². The van der Waals surface area contributed by atoms with E-state index in [2.05, 4.69) is 17.6 Å². The van der Waals surface area contributed by atoms with Crippen LogP contribution in [0.5, 0.6) is 0 Å². The second-order valence-electron chi connectivity index (χ2n) is 4.17. The molecule has 100 valence electrons. The molecular formula is C13H21N3O2. The zero-order valence-electron chi connectivity index (χ0n) is 11.0. The quantitative estimate of drug-likeness (QED) is 0.420. The molecule has 0 amide bonds. The van der Waals surface area contributed by atoms with Gasteiger partial charge >= 0.3 is 5.69 Å². The molecule has 0 bridgehead atoms. The average Bonchev–Trinajstić information content (AvgIpc) is 2.36. The maximum absolute atomic E-state index is 11.2. The van der Waals surface area contributed by atoms with Crippen LogP contribution in [0, 0.1) is 10.1 Å². The minimum Gasteiger partial charge on any atom is -0.379 e. The first-order valence-corrected chi connectivity index (χ1v) is 6.45. The number of anilines is 2. The highest BCUT2D eigenvalue weighted by molar-refractivity contribution is 5.76. The maximum atomic E-state index is 11.2. The minimum atomic E-state index is -0.327. The van der Waals surface area contributed by atoms with Crippen molar-refractivity contribution in [2.24, 2.45) is 0 Å². The number of nitro groups is 1. The van der Waals surface area contributed by atoms with Gasteiger partial charge in [0.05, 0.1) is 4.92 Å². The fourth-order valence-corrected chi connectivity index (χ4v) is 1.69. The summed E-state index contributed by atoms with van der Waals surface area (Å²) in [5.41, 5.74) is 1.32. The molecule has 1 rings (SSSR count). The van der Waals surface area contributed by atoms with Gasteiger partial charge in [-0.3, -0.25) is 10.1 Å². The van der Waals surface area contributed by atoms with Crippen molar-refractivity contribution in [1.82, 2.24) is 0 Å². The number of para-hydroxylation sites is 1. The van der Waals surface area contributed by atoms with E-state index >= 15 is 0 Å². The minimum absolute atomic E-state index is 0.141. The molecule has 0 unspecified atom stereocenters. The Morgan fingerprint density at radius 1 is 1.11 bits per heavy atom. The summed E-state index contributed by atoms with van der Waals surface area (Å²) in [5, 5.41) is 17.4. The van der Waals surface area contributed by atoms with Crippen LogP contribution >= 0.6 is 0 Å². The lowest BCUT2D eigenvalue weighted by Gasteiger charge is -2.11. The van der Waals surface area contributed by atoms with Gasteiger partial charge in [0.2, 0.25) is 0 Å². The summed E-state index contributed by atoms with van der Waals surface area (Å²) in [4.78, 5) is 10.8. The summed E-state index contributed by atoms with van der Waals surface area (Å²) in [6.45, 7) is 5.62. The topological polar surface area (TPSA) is 67.2 Å². The lowest BCUT2D eigenvalue weighted by atomic mass is 10.2. The summed E-state index contributed by atoms with van der Waals surface area (Å²) in [5.74, 6) is 0. The van der Waals surface area contributed by atoms with E-state index < -0.39 is 0 Å². The summed E-state index contributed by atoms with van der Waals surface area (Å²) in [6.07, 6.45) is 3.00. The van der Waals surface area contributed by atoms with Crippen molar-refractivity contribution in [2.45, 2.75) is 33.1 Å². The van der Waals surface area contributed by atoms with Crippen LogP contribution in [-0.4, -0.2) is 18.0 Å². The molecule has 1 aromatic carbocycles. The van der Waals surface area contributed by atoms with Gasteiger partial charge in [-0.15, -0.1) is 0 Å². The number of nitro benzene ring substituents is 1. The zero-order valence-corrected chi connectivity index (χ0v) is 11.0. The SMILES string of the molecule is CCCCNc1cccc(NCCC)c1[N+](=O)[O-]. The molecule has 0 aliphatic heterocycles. The molecule has 0 saturated carbocycles. The number of benzene rings is 1. The number of unbranched alkanes of at least 4 members (excludes halogenated alkanes) is 1. The first-order chi connectivity index (χ1) is 8.70. The van der Waals surface area contributed by atoms with Crippen LogP contribution in [0.25, 0.3) is 0 Å². The largest absolute Gasteiger partial charge is 0.379 e. The van der Waals surface area contributed by atoms with Gasteiger partial charge in [0, 0.05) is 13.1 Å². The average molecular weight is 251 g/mol. The Bertz CT molecular complexity index is 394. The molecule has 5 heteroatoms. The van der Waals surface area contributed by atoms with E-state index in [9.17, 15) is 10.1 Å². The summed E-state index contributed by atoms with van der Waals surface area (Å²) in [6, 6.07) is 5.34. The summed E-state index contributed by atoms with van der Waals surface area (Å²) < 4.78 is 0. The molecule has 0 spiro atoms. The highest BCUT2D eigenvalue weighted by Gasteiger charge is 2.18. The highest BCUT2D eigenvalue weighted by atomic mass is 16.6. The van der Waals surface area contributed by atoms with E-state index in [1.165, 1.54) is 0 Å². The Labute approximate surface area is 108 Å². The number of rotatable bonds is 8. The molecule has 2 N–H and O–H groups in total.